The van der Waals surface area contributed by atoms with Crippen LogP contribution in [0.3, 0.4) is 0 Å². The molecule has 0 saturated heterocycles. The van der Waals surface area contributed by atoms with Gasteiger partial charge in [-0.2, -0.15) is 0 Å². The third-order valence-electron chi connectivity index (χ3n) is 2.85. The monoisotopic (exact) mass is 232 g/mol. The average molecular weight is 232 g/mol. The number of allylic oxidation sites excluding steroid dienone is 1. The first-order chi connectivity index (χ1) is 8.15. The molecule has 0 bridgehead atoms. The predicted molar refractivity (Wildman–Crippen MR) is 69.8 cm³/mol. The second-order valence-electron chi connectivity index (χ2n) is 4.11. The fourth-order valence-corrected chi connectivity index (χ4v) is 1.58. The van der Waals surface area contributed by atoms with Crippen molar-refractivity contribution in [3.63, 3.8) is 0 Å². The summed E-state index contributed by atoms with van der Waals surface area (Å²) in [6, 6.07) is 10.3. The number of hydrogen-bond acceptors (Lipinski definition) is 2. The molecule has 1 rings (SSSR count). The first-order valence-corrected chi connectivity index (χ1v) is 6.02. The Bertz CT molecular complexity index is 391. The van der Waals surface area contributed by atoms with Crippen molar-refractivity contribution in [3.8, 4) is 0 Å². The molecular weight excluding hydrogens is 212 g/mol. The molecule has 0 aromatic heterocycles. The minimum atomic E-state index is -0.196. The third kappa shape index (κ3) is 4.43. The van der Waals surface area contributed by atoms with Gasteiger partial charge in [0.25, 0.3) is 0 Å². The lowest BCUT2D eigenvalue weighted by Gasteiger charge is -2.07. The van der Waals surface area contributed by atoms with Gasteiger partial charge in [-0.3, -0.25) is 0 Å². The standard InChI is InChI=1S/C15H20O2/c1-4-17-15(16)13(3)12(2)10-11-14-8-6-5-7-9-14/h5-9H,4,10-11H2,1-3H3/b13-12-. The second kappa shape index (κ2) is 6.89. The zero-order chi connectivity index (χ0) is 12.7. The number of carbonyl (C=O) groups excluding carboxylic acids is 1. The van der Waals surface area contributed by atoms with Crippen LogP contribution in [0.15, 0.2) is 41.5 Å². The van der Waals surface area contributed by atoms with Crippen LogP contribution < -0.4 is 0 Å². The highest BCUT2D eigenvalue weighted by Crippen LogP contribution is 2.13. The molecule has 1 aromatic carbocycles. The summed E-state index contributed by atoms with van der Waals surface area (Å²) in [6.07, 6.45) is 1.86. The third-order valence-corrected chi connectivity index (χ3v) is 2.85. The molecular formula is C15H20O2. The Morgan fingerprint density at radius 3 is 2.41 bits per heavy atom. The van der Waals surface area contributed by atoms with E-state index in [1.54, 1.807) is 0 Å². The quantitative estimate of drug-likeness (QED) is 0.573. The van der Waals surface area contributed by atoms with Gasteiger partial charge in [0.1, 0.15) is 0 Å². The summed E-state index contributed by atoms with van der Waals surface area (Å²) in [6.45, 7) is 6.08. The molecule has 1 aromatic rings. The topological polar surface area (TPSA) is 26.3 Å². The minimum Gasteiger partial charge on any atom is -0.463 e. The van der Waals surface area contributed by atoms with Crippen molar-refractivity contribution in [2.75, 3.05) is 6.61 Å². The maximum absolute atomic E-state index is 11.5. The van der Waals surface area contributed by atoms with E-state index in [4.69, 9.17) is 4.74 Å². The molecule has 17 heavy (non-hydrogen) atoms. The smallest absolute Gasteiger partial charge is 0.333 e. The molecule has 0 radical (unpaired) electrons. The van der Waals surface area contributed by atoms with Gasteiger partial charge in [0.05, 0.1) is 6.61 Å². The Labute approximate surface area is 103 Å². The number of hydrogen-bond donors (Lipinski definition) is 0. The van der Waals surface area contributed by atoms with Crippen LogP contribution in [0.4, 0.5) is 0 Å². The van der Waals surface area contributed by atoms with Crippen molar-refractivity contribution in [3.05, 3.63) is 47.0 Å². The van der Waals surface area contributed by atoms with Crippen molar-refractivity contribution in [2.24, 2.45) is 0 Å². The van der Waals surface area contributed by atoms with Crippen LogP contribution in [-0.2, 0) is 16.0 Å². The molecule has 0 N–H and O–H groups in total. The van der Waals surface area contributed by atoms with Crippen LogP contribution >= 0.6 is 0 Å². The molecule has 0 aliphatic rings. The Kier molecular flexibility index (Phi) is 5.47. The summed E-state index contributed by atoms with van der Waals surface area (Å²) in [5.74, 6) is -0.196. The number of carbonyl (C=O) groups is 1. The number of benzene rings is 1. The Morgan fingerprint density at radius 2 is 1.82 bits per heavy atom. The lowest BCUT2D eigenvalue weighted by atomic mass is 10.0. The molecule has 2 heteroatoms. The van der Waals surface area contributed by atoms with E-state index in [-0.39, 0.29) is 5.97 Å². The highest BCUT2D eigenvalue weighted by Gasteiger charge is 2.08. The molecule has 0 fully saturated rings. The zero-order valence-electron chi connectivity index (χ0n) is 10.8. The molecule has 0 amide bonds. The van der Waals surface area contributed by atoms with Gasteiger partial charge in [-0.15, -0.1) is 0 Å². The SMILES string of the molecule is CCOC(=O)/C(C)=C(/C)CCc1ccccc1. The van der Waals surface area contributed by atoms with Crippen molar-refractivity contribution in [1.29, 1.82) is 0 Å². The van der Waals surface area contributed by atoms with E-state index in [1.807, 2.05) is 39.0 Å². The molecule has 0 unspecified atom stereocenters. The molecule has 0 spiro atoms. The maximum Gasteiger partial charge on any atom is 0.333 e. The number of ether oxygens (including phenoxy) is 1. The summed E-state index contributed by atoms with van der Waals surface area (Å²) >= 11 is 0. The predicted octanol–water partition coefficient (Wildman–Crippen LogP) is 3.52. The molecule has 0 aliphatic heterocycles. The summed E-state index contributed by atoms with van der Waals surface area (Å²) in [5.41, 5.74) is 3.14. The van der Waals surface area contributed by atoms with Gasteiger partial charge in [0.15, 0.2) is 0 Å². The summed E-state index contributed by atoms with van der Waals surface area (Å²) in [7, 11) is 0. The lowest BCUT2D eigenvalue weighted by Crippen LogP contribution is -2.07. The summed E-state index contributed by atoms with van der Waals surface area (Å²) < 4.78 is 4.98. The first-order valence-electron chi connectivity index (χ1n) is 6.02. The van der Waals surface area contributed by atoms with E-state index < -0.39 is 0 Å². The van der Waals surface area contributed by atoms with Gasteiger partial charge >= 0.3 is 5.97 Å². The van der Waals surface area contributed by atoms with Gasteiger partial charge in [-0.25, -0.2) is 4.79 Å². The minimum absolute atomic E-state index is 0.196. The molecule has 0 heterocycles. The fraction of sp³-hybridized carbons (Fsp3) is 0.400. The van der Waals surface area contributed by atoms with Gasteiger partial charge in [0, 0.05) is 5.57 Å². The molecule has 0 atom stereocenters. The summed E-state index contributed by atoms with van der Waals surface area (Å²) in [5, 5.41) is 0. The van der Waals surface area contributed by atoms with E-state index in [0.29, 0.717) is 6.61 Å². The van der Waals surface area contributed by atoms with Crippen molar-refractivity contribution in [1.82, 2.24) is 0 Å². The second-order valence-corrected chi connectivity index (χ2v) is 4.11. The van der Waals surface area contributed by atoms with E-state index in [2.05, 4.69) is 12.1 Å². The highest BCUT2D eigenvalue weighted by atomic mass is 16.5. The van der Waals surface area contributed by atoms with E-state index in [1.165, 1.54) is 5.56 Å². The largest absolute Gasteiger partial charge is 0.463 e. The molecule has 0 aliphatic carbocycles. The van der Waals surface area contributed by atoms with E-state index >= 15 is 0 Å². The van der Waals surface area contributed by atoms with Crippen LogP contribution in [0.2, 0.25) is 0 Å². The van der Waals surface area contributed by atoms with E-state index in [0.717, 1.165) is 24.0 Å². The van der Waals surface area contributed by atoms with Crippen molar-refractivity contribution in [2.45, 2.75) is 33.6 Å². The Hall–Kier alpha value is -1.57. The van der Waals surface area contributed by atoms with Crippen LogP contribution in [0.25, 0.3) is 0 Å². The number of esters is 1. The normalized spacial score (nSPS) is 11.9. The zero-order valence-corrected chi connectivity index (χ0v) is 10.8. The number of rotatable bonds is 5. The van der Waals surface area contributed by atoms with E-state index in [9.17, 15) is 4.79 Å². The van der Waals surface area contributed by atoms with Crippen LogP contribution in [-0.4, -0.2) is 12.6 Å². The van der Waals surface area contributed by atoms with Crippen LogP contribution in [0.5, 0.6) is 0 Å². The molecule has 0 saturated carbocycles. The van der Waals surface area contributed by atoms with Crippen LogP contribution in [0.1, 0.15) is 32.8 Å². The van der Waals surface area contributed by atoms with Gasteiger partial charge in [0.2, 0.25) is 0 Å². The maximum atomic E-state index is 11.5. The van der Waals surface area contributed by atoms with Gasteiger partial charge < -0.3 is 4.74 Å². The highest BCUT2D eigenvalue weighted by molar-refractivity contribution is 5.88. The summed E-state index contributed by atoms with van der Waals surface area (Å²) in [4.78, 5) is 11.5. The fourth-order valence-electron chi connectivity index (χ4n) is 1.58. The van der Waals surface area contributed by atoms with Crippen molar-refractivity contribution < 1.29 is 9.53 Å². The van der Waals surface area contributed by atoms with Gasteiger partial charge in [-0.05, 0) is 39.2 Å². The average Bonchev–Trinajstić information content (AvgIpc) is 2.36. The van der Waals surface area contributed by atoms with Crippen LogP contribution in [0, 0.1) is 0 Å². The molecule has 92 valence electrons. The number of aryl methyl sites for hydroxylation is 1. The van der Waals surface area contributed by atoms with Gasteiger partial charge in [-0.1, -0.05) is 35.9 Å². The van der Waals surface area contributed by atoms with Crippen molar-refractivity contribution >= 4 is 5.97 Å². The molecule has 2 nitrogen and oxygen atoms in total. The Balaban J connectivity index is 2.56. The lowest BCUT2D eigenvalue weighted by molar-refractivity contribution is -0.138. The first kappa shape index (κ1) is 13.5. The Morgan fingerprint density at radius 1 is 1.18 bits per heavy atom.